The van der Waals surface area contributed by atoms with E-state index in [4.69, 9.17) is 0 Å². The van der Waals surface area contributed by atoms with Crippen LogP contribution in [0.3, 0.4) is 0 Å². The highest BCUT2D eigenvalue weighted by molar-refractivity contribution is 5.81. The molecule has 26 heavy (non-hydrogen) atoms. The Labute approximate surface area is 147 Å². The number of H-pyrrole nitrogens is 1. The molecule has 9 nitrogen and oxygen atoms in total. The number of carbonyl (C=O) groups is 2. The topological polar surface area (TPSA) is 125 Å². The highest BCUT2D eigenvalue weighted by atomic mass is 16.4. The van der Waals surface area contributed by atoms with E-state index in [0.29, 0.717) is 0 Å². The second kappa shape index (κ2) is 6.95. The molecule has 1 amide bonds. The summed E-state index contributed by atoms with van der Waals surface area (Å²) in [6.45, 7) is 0.328. The van der Waals surface area contributed by atoms with Gasteiger partial charge in [0.15, 0.2) is 0 Å². The number of hydrogen-bond donors (Lipinski definition) is 2. The summed E-state index contributed by atoms with van der Waals surface area (Å²) in [5.41, 5.74) is -0.128. The SMILES string of the molecule is Cn1c(=O)[nH]cc(CC(=O)N2C[C@@H](C(=O)O)[C@H](c3ccncc3)C2)c1=O. The average molecular weight is 358 g/mol. The van der Waals surface area contributed by atoms with Gasteiger partial charge in [0.1, 0.15) is 0 Å². The molecule has 0 unspecified atom stereocenters. The Bertz CT molecular complexity index is 950. The molecule has 1 fully saturated rings. The van der Waals surface area contributed by atoms with Crippen molar-refractivity contribution in [2.75, 3.05) is 13.1 Å². The Kier molecular flexibility index (Phi) is 4.70. The van der Waals surface area contributed by atoms with Gasteiger partial charge in [-0.25, -0.2) is 4.79 Å². The van der Waals surface area contributed by atoms with Gasteiger partial charge in [0.05, 0.1) is 12.3 Å². The molecule has 0 saturated carbocycles. The lowest BCUT2D eigenvalue weighted by molar-refractivity contribution is -0.141. The van der Waals surface area contributed by atoms with Crippen LogP contribution in [0.5, 0.6) is 0 Å². The Morgan fingerprint density at radius 1 is 1.27 bits per heavy atom. The van der Waals surface area contributed by atoms with Crippen molar-refractivity contribution in [2.24, 2.45) is 13.0 Å². The van der Waals surface area contributed by atoms with Gasteiger partial charge >= 0.3 is 11.7 Å². The average Bonchev–Trinajstić information content (AvgIpc) is 3.09. The van der Waals surface area contributed by atoms with Crippen LogP contribution >= 0.6 is 0 Å². The number of likely N-dealkylation sites (tertiary alicyclic amines) is 1. The van der Waals surface area contributed by atoms with Crippen molar-refractivity contribution in [3.05, 3.63) is 62.7 Å². The van der Waals surface area contributed by atoms with Gasteiger partial charge in [0.2, 0.25) is 5.91 Å². The van der Waals surface area contributed by atoms with E-state index in [0.717, 1.165) is 10.1 Å². The third-order valence-corrected chi connectivity index (χ3v) is 4.72. The number of pyridine rings is 1. The number of aromatic nitrogens is 3. The van der Waals surface area contributed by atoms with Crippen molar-refractivity contribution in [2.45, 2.75) is 12.3 Å². The monoisotopic (exact) mass is 358 g/mol. The van der Waals surface area contributed by atoms with E-state index < -0.39 is 23.1 Å². The van der Waals surface area contributed by atoms with E-state index in [1.54, 1.807) is 24.5 Å². The summed E-state index contributed by atoms with van der Waals surface area (Å²) in [5, 5.41) is 9.50. The van der Waals surface area contributed by atoms with Gasteiger partial charge in [0.25, 0.3) is 5.56 Å². The molecule has 0 radical (unpaired) electrons. The minimum Gasteiger partial charge on any atom is -0.481 e. The number of aliphatic carboxylic acids is 1. The first-order valence-corrected chi connectivity index (χ1v) is 8.06. The summed E-state index contributed by atoms with van der Waals surface area (Å²) in [7, 11) is 1.32. The van der Waals surface area contributed by atoms with Crippen LogP contribution in [0.2, 0.25) is 0 Å². The molecular formula is C17H18N4O5. The lowest BCUT2D eigenvalue weighted by Crippen LogP contribution is -2.37. The summed E-state index contributed by atoms with van der Waals surface area (Å²) in [5.74, 6) is -2.38. The first-order chi connectivity index (χ1) is 12.4. The fourth-order valence-corrected chi connectivity index (χ4v) is 3.22. The van der Waals surface area contributed by atoms with E-state index in [9.17, 15) is 24.3 Å². The van der Waals surface area contributed by atoms with E-state index >= 15 is 0 Å². The minimum atomic E-state index is -0.970. The number of aromatic amines is 1. The molecule has 2 aromatic heterocycles. The third-order valence-electron chi connectivity index (χ3n) is 4.72. The molecule has 1 saturated heterocycles. The summed E-state index contributed by atoms with van der Waals surface area (Å²) in [4.78, 5) is 55.4. The Morgan fingerprint density at radius 2 is 1.96 bits per heavy atom. The van der Waals surface area contributed by atoms with Gasteiger partial charge in [-0.1, -0.05) is 0 Å². The number of nitrogens with one attached hydrogen (secondary N) is 1. The minimum absolute atomic E-state index is 0.0742. The van der Waals surface area contributed by atoms with Crippen molar-refractivity contribution in [3.63, 3.8) is 0 Å². The van der Waals surface area contributed by atoms with Crippen molar-refractivity contribution in [1.82, 2.24) is 19.4 Å². The van der Waals surface area contributed by atoms with Crippen molar-refractivity contribution < 1.29 is 14.7 Å². The second-order valence-corrected chi connectivity index (χ2v) is 6.29. The van der Waals surface area contributed by atoms with Gasteiger partial charge in [-0.05, 0) is 17.7 Å². The highest BCUT2D eigenvalue weighted by Gasteiger charge is 2.40. The number of hydrogen-bond acceptors (Lipinski definition) is 5. The van der Waals surface area contributed by atoms with Crippen LogP contribution in [-0.2, 0) is 23.1 Å². The normalized spacial score (nSPS) is 19.5. The van der Waals surface area contributed by atoms with Crippen molar-refractivity contribution in [1.29, 1.82) is 0 Å². The molecule has 0 spiro atoms. The van der Waals surface area contributed by atoms with E-state index in [-0.39, 0.29) is 36.9 Å². The Hall–Kier alpha value is -3.23. The number of amides is 1. The number of carboxylic acids is 1. The summed E-state index contributed by atoms with van der Waals surface area (Å²) in [6.07, 6.45) is 4.21. The van der Waals surface area contributed by atoms with E-state index in [2.05, 4.69) is 9.97 Å². The maximum absolute atomic E-state index is 12.6. The van der Waals surface area contributed by atoms with Crippen molar-refractivity contribution >= 4 is 11.9 Å². The molecule has 0 aliphatic carbocycles. The van der Waals surface area contributed by atoms with Gasteiger partial charge < -0.3 is 15.0 Å². The molecule has 2 aromatic rings. The number of carboxylic acid groups (broad SMARTS) is 1. The maximum atomic E-state index is 12.6. The first kappa shape index (κ1) is 17.6. The fourth-order valence-electron chi connectivity index (χ4n) is 3.22. The molecule has 9 heteroatoms. The standard InChI is InChI=1S/C17H18N4O5/c1-20-15(23)11(7-19-17(20)26)6-14(22)21-8-12(13(9-21)16(24)25)10-2-4-18-5-3-10/h2-5,7,12-13H,6,8-9H2,1H3,(H,19,26)(H,24,25)/t12-,13+/m0/s1. The molecular weight excluding hydrogens is 340 g/mol. The lowest BCUT2D eigenvalue weighted by Gasteiger charge is -2.16. The smallest absolute Gasteiger partial charge is 0.328 e. The number of carbonyl (C=O) groups excluding carboxylic acids is 1. The zero-order valence-corrected chi connectivity index (χ0v) is 14.1. The predicted molar refractivity (Wildman–Crippen MR) is 90.7 cm³/mol. The van der Waals surface area contributed by atoms with Crippen molar-refractivity contribution in [3.8, 4) is 0 Å². The molecule has 3 heterocycles. The second-order valence-electron chi connectivity index (χ2n) is 6.29. The zero-order valence-electron chi connectivity index (χ0n) is 14.1. The quantitative estimate of drug-likeness (QED) is 0.747. The van der Waals surface area contributed by atoms with Crippen LogP contribution in [-0.4, -0.2) is 49.5 Å². The number of nitrogens with zero attached hydrogens (tertiary/aromatic N) is 3. The molecule has 1 aliphatic heterocycles. The number of rotatable bonds is 4. The zero-order chi connectivity index (χ0) is 18.8. The van der Waals surface area contributed by atoms with Gasteiger partial charge in [-0.2, -0.15) is 0 Å². The molecule has 1 aliphatic rings. The van der Waals surface area contributed by atoms with E-state index in [1.807, 2.05) is 0 Å². The van der Waals surface area contributed by atoms with Gasteiger partial charge in [-0.3, -0.25) is 23.9 Å². The molecule has 0 aromatic carbocycles. The molecule has 2 atom stereocenters. The molecule has 0 bridgehead atoms. The van der Waals surface area contributed by atoms with E-state index in [1.165, 1.54) is 18.1 Å². The summed E-state index contributed by atoms with van der Waals surface area (Å²) < 4.78 is 0.895. The summed E-state index contributed by atoms with van der Waals surface area (Å²) in [6, 6.07) is 3.48. The van der Waals surface area contributed by atoms with Gasteiger partial charge in [-0.15, -0.1) is 0 Å². The third kappa shape index (κ3) is 3.28. The van der Waals surface area contributed by atoms with Crippen LogP contribution < -0.4 is 11.2 Å². The molecule has 3 rings (SSSR count). The van der Waals surface area contributed by atoms with Crippen LogP contribution in [0.1, 0.15) is 17.0 Å². The molecule has 136 valence electrons. The van der Waals surface area contributed by atoms with Crippen LogP contribution in [0.4, 0.5) is 0 Å². The van der Waals surface area contributed by atoms with Crippen LogP contribution in [0.25, 0.3) is 0 Å². The Morgan fingerprint density at radius 3 is 2.62 bits per heavy atom. The summed E-state index contributed by atoms with van der Waals surface area (Å²) >= 11 is 0. The fraction of sp³-hybridized carbons (Fsp3) is 0.353. The molecule has 2 N–H and O–H groups in total. The highest BCUT2D eigenvalue weighted by Crippen LogP contribution is 2.32. The van der Waals surface area contributed by atoms with Gasteiger partial charge in [0, 0.05) is 50.2 Å². The van der Waals surface area contributed by atoms with Crippen LogP contribution in [0, 0.1) is 5.92 Å². The predicted octanol–water partition coefficient (Wildman–Crippen LogP) is -0.662. The largest absolute Gasteiger partial charge is 0.481 e. The maximum Gasteiger partial charge on any atom is 0.328 e. The Balaban J connectivity index is 1.81. The lowest BCUT2D eigenvalue weighted by atomic mass is 9.90. The van der Waals surface area contributed by atoms with Crippen LogP contribution in [0.15, 0.2) is 40.3 Å². The first-order valence-electron chi connectivity index (χ1n) is 8.06.